The number of fused-ring (bicyclic) bond motifs is 2. The lowest BCUT2D eigenvalue weighted by atomic mass is 9.68. The average Bonchev–Trinajstić information content (AvgIpc) is 3.28. The molecule has 1 saturated heterocycles. The standard InChI is InChI=1S/C25H27N3O7S/c1-6-16-15-27(36(33,34)18-13-11-17(12-14-18)28(31)32)21(22(29)35-24(2,3)4)25(16)19-9-7-8-10-20(19)26(5)23(25)30/h6-14,16,21H,1,15H2,2-5H3/t16-,21+,25+/m1/s1. The van der Waals surface area contributed by atoms with Gasteiger partial charge in [-0.25, -0.2) is 8.42 Å². The SMILES string of the molecule is C=C[C@@H]1CN(S(=O)(=O)c2ccc([N+](=O)[O-])cc2)[C@@H](C(=O)OC(C)(C)C)[C@]12C(=O)N(C)c1ccccc12. The lowest BCUT2D eigenvalue weighted by Gasteiger charge is -2.35. The molecule has 1 fully saturated rings. The number of hydrogen-bond donors (Lipinski definition) is 0. The molecule has 36 heavy (non-hydrogen) atoms. The minimum Gasteiger partial charge on any atom is -0.459 e. The van der Waals surface area contributed by atoms with Crippen molar-refractivity contribution in [3.8, 4) is 0 Å². The molecule has 11 heteroatoms. The van der Waals surface area contributed by atoms with Crippen LogP contribution >= 0.6 is 0 Å². The highest BCUT2D eigenvalue weighted by molar-refractivity contribution is 7.89. The quantitative estimate of drug-likeness (QED) is 0.260. The molecule has 0 aliphatic carbocycles. The first-order chi connectivity index (χ1) is 16.8. The maximum atomic E-state index is 13.9. The third-order valence-corrected chi connectivity index (χ3v) is 8.46. The van der Waals surface area contributed by atoms with Crippen molar-refractivity contribution in [2.24, 2.45) is 5.92 Å². The van der Waals surface area contributed by atoms with Crippen molar-refractivity contribution >= 4 is 33.3 Å². The molecule has 2 aliphatic heterocycles. The van der Waals surface area contributed by atoms with Crippen LogP contribution < -0.4 is 4.90 Å². The highest BCUT2D eigenvalue weighted by atomic mass is 32.2. The van der Waals surface area contributed by atoms with E-state index in [-0.39, 0.29) is 17.1 Å². The molecular formula is C25H27N3O7S. The molecule has 4 rings (SSSR count). The van der Waals surface area contributed by atoms with E-state index in [2.05, 4.69) is 6.58 Å². The number of esters is 1. The van der Waals surface area contributed by atoms with Gasteiger partial charge in [-0.1, -0.05) is 24.3 Å². The second-order valence-electron chi connectivity index (χ2n) is 9.85. The molecule has 190 valence electrons. The van der Waals surface area contributed by atoms with Gasteiger partial charge in [-0.3, -0.25) is 19.7 Å². The molecule has 3 atom stereocenters. The Labute approximate surface area is 209 Å². The smallest absolute Gasteiger partial charge is 0.326 e. The lowest BCUT2D eigenvalue weighted by molar-refractivity contribution is -0.384. The second kappa shape index (κ2) is 8.52. The van der Waals surface area contributed by atoms with Crippen LogP contribution in [0.5, 0.6) is 0 Å². The molecule has 0 unspecified atom stereocenters. The summed E-state index contributed by atoms with van der Waals surface area (Å²) in [6, 6.07) is 9.80. The average molecular weight is 514 g/mol. The number of amides is 1. The van der Waals surface area contributed by atoms with Crippen LogP contribution in [0, 0.1) is 16.0 Å². The van der Waals surface area contributed by atoms with Crippen LogP contribution in [0.3, 0.4) is 0 Å². The van der Waals surface area contributed by atoms with E-state index >= 15 is 0 Å². The van der Waals surface area contributed by atoms with E-state index in [0.29, 0.717) is 11.3 Å². The summed E-state index contributed by atoms with van der Waals surface area (Å²) in [5.41, 5.74) is -1.75. The van der Waals surface area contributed by atoms with Crippen LogP contribution in [0.25, 0.3) is 0 Å². The maximum Gasteiger partial charge on any atom is 0.326 e. The zero-order valence-corrected chi connectivity index (χ0v) is 21.2. The molecule has 2 heterocycles. The molecule has 2 aromatic rings. The first-order valence-corrected chi connectivity index (χ1v) is 12.7. The molecule has 10 nitrogen and oxygen atoms in total. The highest BCUT2D eigenvalue weighted by Crippen LogP contribution is 2.55. The van der Waals surface area contributed by atoms with Crippen LogP contribution in [0.15, 0.2) is 66.1 Å². The van der Waals surface area contributed by atoms with E-state index in [9.17, 15) is 28.1 Å². The number of carbonyl (C=O) groups is 2. The van der Waals surface area contributed by atoms with Crippen molar-refractivity contribution in [3.63, 3.8) is 0 Å². The number of nitro groups is 1. The van der Waals surface area contributed by atoms with Crippen molar-refractivity contribution in [1.82, 2.24) is 4.31 Å². The van der Waals surface area contributed by atoms with Gasteiger partial charge < -0.3 is 9.64 Å². The number of hydrogen-bond acceptors (Lipinski definition) is 7. The molecular weight excluding hydrogens is 486 g/mol. The third kappa shape index (κ3) is 3.70. The molecule has 2 aromatic carbocycles. The van der Waals surface area contributed by atoms with E-state index in [1.54, 1.807) is 52.1 Å². The Hall–Kier alpha value is -3.57. The highest BCUT2D eigenvalue weighted by Gasteiger charge is 2.69. The number of sulfonamides is 1. The van der Waals surface area contributed by atoms with Gasteiger partial charge in [-0.2, -0.15) is 4.31 Å². The zero-order chi connectivity index (χ0) is 26.6. The van der Waals surface area contributed by atoms with Crippen LogP contribution in [0.2, 0.25) is 0 Å². The number of ether oxygens (including phenoxy) is 1. The fraction of sp³-hybridized carbons (Fsp3) is 0.360. The van der Waals surface area contributed by atoms with Gasteiger partial charge in [-0.15, -0.1) is 6.58 Å². The summed E-state index contributed by atoms with van der Waals surface area (Å²) in [4.78, 5) is 39.3. The second-order valence-corrected chi connectivity index (χ2v) is 11.7. The first kappa shape index (κ1) is 25.5. The van der Waals surface area contributed by atoms with Gasteiger partial charge in [0.25, 0.3) is 5.69 Å². The number of anilines is 1. The number of carbonyl (C=O) groups excluding carboxylic acids is 2. The van der Waals surface area contributed by atoms with Crippen molar-refractivity contribution in [2.45, 2.75) is 42.7 Å². The van der Waals surface area contributed by atoms with Gasteiger partial charge in [0.1, 0.15) is 17.1 Å². The maximum absolute atomic E-state index is 13.9. The predicted molar refractivity (Wildman–Crippen MR) is 132 cm³/mol. The third-order valence-electron chi connectivity index (χ3n) is 6.62. The molecule has 0 radical (unpaired) electrons. The van der Waals surface area contributed by atoms with Gasteiger partial charge >= 0.3 is 5.97 Å². The summed E-state index contributed by atoms with van der Waals surface area (Å²) in [7, 11) is -2.81. The van der Waals surface area contributed by atoms with Crippen molar-refractivity contribution in [3.05, 3.63) is 76.9 Å². The van der Waals surface area contributed by atoms with E-state index in [0.717, 1.165) is 28.6 Å². The molecule has 2 aliphatic rings. The Balaban J connectivity index is 1.95. The summed E-state index contributed by atoms with van der Waals surface area (Å²) in [5, 5.41) is 11.1. The lowest BCUT2D eigenvalue weighted by Crippen LogP contribution is -2.57. The Bertz CT molecular complexity index is 1360. The summed E-state index contributed by atoms with van der Waals surface area (Å²) >= 11 is 0. The minimum atomic E-state index is -4.39. The minimum absolute atomic E-state index is 0.208. The van der Waals surface area contributed by atoms with Crippen LogP contribution in [-0.2, 0) is 29.8 Å². The zero-order valence-electron chi connectivity index (χ0n) is 20.4. The van der Waals surface area contributed by atoms with Crippen molar-refractivity contribution in [1.29, 1.82) is 0 Å². The van der Waals surface area contributed by atoms with Gasteiger partial charge in [0.2, 0.25) is 15.9 Å². The Morgan fingerprint density at radius 2 is 1.81 bits per heavy atom. The van der Waals surface area contributed by atoms with E-state index in [1.807, 2.05) is 0 Å². The van der Waals surface area contributed by atoms with Crippen molar-refractivity contribution in [2.75, 3.05) is 18.5 Å². The number of nitrogens with zero attached hydrogens (tertiary/aromatic N) is 3. The number of non-ortho nitro benzene ring substituents is 1. The number of benzene rings is 2. The van der Waals surface area contributed by atoms with Crippen LogP contribution in [-0.4, -0.2) is 54.8 Å². The summed E-state index contributed by atoms with van der Waals surface area (Å²) in [6.45, 7) is 8.62. The Kier molecular flexibility index (Phi) is 6.04. The summed E-state index contributed by atoms with van der Waals surface area (Å²) < 4.78 is 34.4. The Morgan fingerprint density at radius 1 is 1.19 bits per heavy atom. The molecule has 1 amide bonds. The van der Waals surface area contributed by atoms with E-state index < -0.39 is 49.8 Å². The van der Waals surface area contributed by atoms with E-state index in [1.165, 1.54) is 11.0 Å². The number of para-hydroxylation sites is 1. The molecule has 0 saturated carbocycles. The molecule has 0 bridgehead atoms. The monoisotopic (exact) mass is 513 g/mol. The summed E-state index contributed by atoms with van der Waals surface area (Å²) in [6.07, 6.45) is 1.50. The number of nitro benzene ring substituents is 1. The van der Waals surface area contributed by atoms with Gasteiger partial charge in [-0.05, 0) is 44.5 Å². The summed E-state index contributed by atoms with van der Waals surface area (Å²) in [5.74, 6) is -2.05. The fourth-order valence-electron chi connectivity index (χ4n) is 5.15. The normalized spacial score (nSPS) is 24.1. The predicted octanol–water partition coefficient (Wildman–Crippen LogP) is 3.03. The fourth-order valence-corrected chi connectivity index (χ4v) is 6.78. The molecule has 0 aromatic heterocycles. The van der Waals surface area contributed by atoms with Crippen LogP contribution in [0.1, 0.15) is 26.3 Å². The largest absolute Gasteiger partial charge is 0.459 e. The Morgan fingerprint density at radius 3 is 2.36 bits per heavy atom. The van der Waals surface area contributed by atoms with Gasteiger partial charge in [0.05, 0.1) is 9.82 Å². The van der Waals surface area contributed by atoms with Crippen LogP contribution in [0.4, 0.5) is 11.4 Å². The van der Waals surface area contributed by atoms with Crippen molar-refractivity contribution < 1.29 is 27.7 Å². The van der Waals surface area contributed by atoms with Gasteiger partial charge in [0.15, 0.2) is 0 Å². The number of likely N-dealkylation sites (N-methyl/N-ethyl adjacent to an activating group) is 1. The molecule has 0 N–H and O–H groups in total. The number of rotatable bonds is 5. The van der Waals surface area contributed by atoms with Gasteiger partial charge in [0, 0.05) is 37.3 Å². The van der Waals surface area contributed by atoms with E-state index in [4.69, 9.17) is 4.74 Å². The topological polar surface area (TPSA) is 127 Å². The first-order valence-electron chi connectivity index (χ1n) is 11.3. The molecule has 1 spiro atoms.